The lowest BCUT2D eigenvalue weighted by Crippen LogP contribution is -2.43. The summed E-state index contributed by atoms with van der Waals surface area (Å²) in [5, 5.41) is 2.99. The summed E-state index contributed by atoms with van der Waals surface area (Å²) in [4.78, 5) is 13.2. The van der Waals surface area contributed by atoms with Gasteiger partial charge < -0.3 is 19.5 Å². The van der Waals surface area contributed by atoms with Crippen LogP contribution in [0.5, 0.6) is 17.2 Å². The van der Waals surface area contributed by atoms with Gasteiger partial charge >= 0.3 is 0 Å². The van der Waals surface area contributed by atoms with Gasteiger partial charge in [0, 0.05) is 17.7 Å². The van der Waals surface area contributed by atoms with Crippen molar-refractivity contribution in [2.24, 2.45) is 0 Å². The lowest BCUT2D eigenvalue weighted by atomic mass is 9.77. The Morgan fingerprint density at radius 2 is 1.64 bits per heavy atom. The topological polar surface area (TPSA) is 56.8 Å². The number of amides is 1. The SMILES string of the molecule is COc1cc(OC)c(CNC(=O)C2(c3ccccc3F)CCCC2)c(OC)c1. The van der Waals surface area contributed by atoms with Crippen LogP contribution < -0.4 is 19.5 Å². The number of hydrogen-bond acceptors (Lipinski definition) is 4. The van der Waals surface area contributed by atoms with Crippen LogP contribution in [-0.2, 0) is 16.8 Å². The predicted octanol–water partition coefficient (Wildman–Crippen LogP) is 3.98. The quantitative estimate of drug-likeness (QED) is 0.781. The van der Waals surface area contributed by atoms with Crippen molar-refractivity contribution in [1.82, 2.24) is 5.32 Å². The van der Waals surface area contributed by atoms with Crippen molar-refractivity contribution in [2.45, 2.75) is 37.6 Å². The molecule has 1 aliphatic rings. The number of nitrogens with one attached hydrogen (secondary N) is 1. The van der Waals surface area contributed by atoms with E-state index in [1.165, 1.54) is 6.07 Å². The fourth-order valence-electron chi connectivity index (χ4n) is 4.04. The van der Waals surface area contributed by atoms with Gasteiger partial charge in [-0.05, 0) is 18.9 Å². The maximum atomic E-state index is 14.5. The highest BCUT2D eigenvalue weighted by atomic mass is 19.1. The molecular weight excluding hydrogens is 361 g/mol. The third-order valence-corrected chi connectivity index (χ3v) is 5.52. The second kappa shape index (κ2) is 8.50. The Morgan fingerprint density at radius 1 is 1.04 bits per heavy atom. The fraction of sp³-hybridized carbons (Fsp3) is 0.409. The highest BCUT2D eigenvalue weighted by molar-refractivity contribution is 5.88. The van der Waals surface area contributed by atoms with E-state index in [-0.39, 0.29) is 18.3 Å². The molecule has 0 atom stereocenters. The van der Waals surface area contributed by atoms with Gasteiger partial charge in [0.1, 0.15) is 23.1 Å². The Balaban J connectivity index is 1.88. The standard InChI is InChI=1S/C22H26FNO4/c1-26-15-12-19(27-2)16(20(13-15)28-3)14-24-21(25)22(10-6-7-11-22)17-8-4-5-9-18(17)23/h4-5,8-9,12-13H,6-7,10-11,14H2,1-3H3,(H,24,25). The van der Waals surface area contributed by atoms with Crippen LogP contribution in [0.4, 0.5) is 4.39 Å². The van der Waals surface area contributed by atoms with Crippen molar-refractivity contribution in [3.05, 3.63) is 53.3 Å². The van der Waals surface area contributed by atoms with Gasteiger partial charge in [-0.1, -0.05) is 31.0 Å². The van der Waals surface area contributed by atoms with Gasteiger partial charge in [-0.15, -0.1) is 0 Å². The van der Waals surface area contributed by atoms with Gasteiger partial charge in [-0.25, -0.2) is 4.39 Å². The van der Waals surface area contributed by atoms with Crippen LogP contribution in [0.15, 0.2) is 36.4 Å². The normalized spacial score (nSPS) is 15.1. The molecule has 1 N–H and O–H groups in total. The van der Waals surface area contributed by atoms with Crippen LogP contribution in [0.25, 0.3) is 0 Å². The summed E-state index contributed by atoms with van der Waals surface area (Å²) in [7, 11) is 4.67. The molecule has 2 aromatic rings. The minimum Gasteiger partial charge on any atom is -0.496 e. The van der Waals surface area contributed by atoms with Gasteiger partial charge in [-0.3, -0.25) is 4.79 Å². The van der Waals surface area contributed by atoms with Crippen LogP contribution in [0.3, 0.4) is 0 Å². The van der Waals surface area contributed by atoms with E-state index >= 15 is 0 Å². The van der Waals surface area contributed by atoms with Crippen molar-refractivity contribution in [1.29, 1.82) is 0 Å². The van der Waals surface area contributed by atoms with Crippen molar-refractivity contribution in [3.63, 3.8) is 0 Å². The average Bonchev–Trinajstić information content (AvgIpc) is 3.22. The zero-order valence-electron chi connectivity index (χ0n) is 16.5. The van der Waals surface area contributed by atoms with Crippen molar-refractivity contribution in [2.75, 3.05) is 21.3 Å². The van der Waals surface area contributed by atoms with E-state index < -0.39 is 5.41 Å². The number of rotatable bonds is 7. The minimum absolute atomic E-state index is 0.171. The number of benzene rings is 2. The number of carbonyl (C=O) groups is 1. The van der Waals surface area contributed by atoms with Gasteiger partial charge in [0.15, 0.2) is 0 Å². The zero-order chi connectivity index (χ0) is 20.1. The molecule has 2 aromatic carbocycles. The molecule has 6 heteroatoms. The molecule has 0 spiro atoms. The Morgan fingerprint density at radius 3 is 2.18 bits per heavy atom. The molecule has 1 amide bonds. The largest absolute Gasteiger partial charge is 0.496 e. The minimum atomic E-state index is -0.835. The lowest BCUT2D eigenvalue weighted by Gasteiger charge is -2.29. The first-order valence-corrected chi connectivity index (χ1v) is 9.38. The van der Waals surface area contributed by atoms with Crippen LogP contribution in [0.2, 0.25) is 0 Å². The van der Waals surface area contributed by atoms with E-state index in [9.17, 15) is 9.18 Å². The molecule has 0 unspecified atom stereocenters. The maximum Gasteiger partial charge on any atom is 0.231 e. The first-order chi connectivity index (χ1) is 13.6. The van der Waals surface area contributed by atoms with Gasteiger partial charge in [0.2, 0.25) is 5.91 Å². The van der Waals surface area contributed by atoms with Crippen molar-refractivity contribution in [3.8, 4) is 17.2 Å². The third-order valence-electron chi connectivity index (χ3n) is 5.52. The lowest BCUT2D eigenvalue weighted by molar-refractivity contribution is -0.126. The molecular formula is C22H26FNO4. The molecule has 3 rings (SSSR count). The zero-order valence-corrected chi connectivity index (χ0v) is 16.5. The molecule has 0 bridgehead atoms. The van der Waals surface area contributed by atoms with Crippen molar-refractivity contribution < 1.29 is 23.4 Å². The average molecular weight is 387 g/mol. The molecule has 150 valence electrons. The maximum absolute atomic E-state index is 14.5. The summed E-state index contributed by atoms with van der Waals surface area (Å²) in [5.41, 5.74) is 0.345. The summed E-state index contributed by atoms with van der Waals surface area (Å²) in [6.45, 7) is 0.214. The summed E-state index contributed by atoms with van der Waals surface area (Å²) >= 11 is 0. The van der Waals surface area contributed by atoms with Crippen molar-refractivity contribution >= 4 is 5.91 Å². The van der Waals surface area contributed by atoms with E-state index in [4.69, 9.17) is 14.2 Å². The Kier molecular flexibility index (Phi) is 6.07. The Labute approximate surface area is 164 Å². The molecule has 1 aliphatic carbocycles. The molecule has 28 heavy (non-hydrogen) atoms. The van der Waals surface area contributed by atoms with Gasteiger partial charge in [0.05, 0.1) is 38.9 Å². The number of carbonyl (C=O) groups excluding carboxylic acids is 1. The number of halogens is 1. The molecule has 0 aliphatic heterocycles. The van der Waals surface area contributed by atoms with Gasteiger partial charge in [0.25, 0.3) is 0 Å². The number of hydrogen-bond donors (Lipinski definition) is 1. The van der Waals surface area contributed by atoms with Crippen LogP contribution in [-0.4, -0.2) is 27.2 Å². The summed E-state index contributed by atoms with van der Waals surface area (Å²) in [6, 6.07) is 10.0. The molecule has 1 saturated carbocycles. The Hall–Kier alpha value is -2.76. The highest BCUT2D eigenvalue weighted by Crippen LogP contribution is 2.42. The number of ether oxygens (including phenoxy) is 3. The monoisotopic (exact) mass is 387 g/mol. The van der Waals surface area contributed by atoms with Crippen LogP contribution >= 0.6 is 0 Å². The summed E-state index contributed by atoms with van der Waals surface area (Å²) < 4.78 is 30.6. The summed E-state index contributed by atoms with van der Waals surface area (Å²) in [6.07, 6.45) is 3.07. The molecule has 5 nitrogen and oxygen atoms in total. The van der Waals surface area contributed by atoms with Crippen LogP contribution in [0.1, 0.15) is 36.8 Å². The predicted molar refractivity (Wildman–Crippen MR) is 104 cm³/mol. The van der Waals surface area contributed by atoms with E-state index in [1.807, 2.05) is 0 Å². The first kappa shape index (κ1) is 20.0. The van der Waals surface area contributed by atoms with E-state index in [2.05, 4.69) is 5.32 Å². The second-order valence-corrected chi connectivity index (χ2v) is 6.96. The number of methoxy groups -OCH3 is 3. The Bertz CT molecular complexity index is 821. The van der Waals surface area contributed by atoms with E-state index in [1.54, 1.807) is 51.7 Å². The van der Waals surface area contributed by atoms with Gasteiger partial charge in [-0.2, -0.15) is 0 Å². The molecule has 1 fully saturated rings. The smallest absolute Gasteiger partial charge is 0.231 e. The van der Waals surface area contributed by atoms with E-state index in [0.717, 1.165) is 12.8 Å². The fourth-order valence-corrected chi connectivity index (χ4v) is 4.04. The summed E-state index contributed by atoms with van der Waals surface area (Å²) in [5.74, 6) is 1.21. The molecule has 0 heterocycles. The first-order valence-electron chi connectivity index (χ1n) is 9.38. The second-order valence-electron chi connectivity index (χ2n) is 6.96. The van der Waals surface area contributed by atoms with E-state index in [0.29, 0.717) is 41.2 Å². The molecule has 0 radical (unpaired) electrons. The molecule has 0 aromatic heterocycles. The van der Waals surface area contributed by atoms with Crippen LogP contribution in [0, 0.1) is 5.82 Å². The highest BCUT2D eigenvalue weighted by Gasteiger charge is 2.44. The molecule has 0 saturated heterocycles. The third kappa shape index (κ3) is 3.63.